The molecular formula is C16H26N2O2. The average molecular weight is 278 g/mol. The van der Waals surface area contributed by atoms with Gasteiger partial charge in [-0.05, 0) is 30.9 Å². The summed E-state index contributed by atoms with van der Waals surface area (Å²) in [4.78, 5) is 4.42. The first-order chi connectivity index (χ1) is 9.88. The van der Waals surface area contributed by atoms with Crippen molar-refractivity contribution in [2.75, 3.05) is 19.8 Å². The minimum Gasteiger partial charge on any atom is -0.379 e. The Morgan fingerprint density at radius 1 is 1.20 bits per heavy atom. The molecule has 0 bridgehead atoms. The molecule has 4 nitrogen and oxygen atoms in total. The van der Waals surface area contributed by atoms with E-state index in [1.54, 1.807) is 0 Å². The van der Waals surface area contributed by atoms with Crippen LogP contribution >= 0.6 is 0 Å². The maximum atomic E-state index is 5.54. The summed E-state index contributed by atoms with van der Waals surface area (Å²) in [6, 6.07) is 4.91. The molecule has 2 rings (SSSR count). The largest absolute Gasteiger partial charge is 0.379 e. The lowest BCUT2D eigenvalue weighted by molar-refractivity contribution is 0.0386. The number of unbranched alkanes of at least 4 members (excludes halogenated alkanes) is 1. The smallest absolute Gasteiger partial charge is 0.0889 e. The van der Waals surface area contributed by atoms with Gasteiger partial charge < -0.3 is 14.8 Å². The lowest BCUT2D eigenvalue weighted by Crippen LogP contribution is -2.15. The van der Waals surface area contributed by atoms with E-state index in [2.05, 4.69) is 23.3 Å². The van der Waals surface area contributed by atoms with Gasteiger partial charge in [-0.15, -0.1) is 0 Å². The maximum absolute atomic E-state index is 5.54. The summed E-state index contributed by atoms with van der Waals surface area (Å²) in [7, 11) is 0. The van der Waals surface area contributed by atoms with Gasteiger partial charge in [-0.3, -0.25) is 4.98 Å². The fourth-order valence-electron chi connectivity index (χ4n) is 1.84. The van der Waals surface area contributed by atoms with Crippen molar-refractivity contribution in [1.82, 2.24) is 10.3 Å². The van der Waals surface area contributed by atoms with E-state index in [1.165, 1.54) is 24.8 Å². The molecule has 0 radical (unpaired) electrons. The molecule has 0 unspecified atom stereocenters. The third-order valence-corrected chi connectivity index (χ3v) is 3.32. The fraction of sp³-hybridized carbons (Fsp3) is 0.688. The summed E-state index contributed by atoms with van der Waals surface area (Å²) in [6.07, 6.45) is 6.87. The van der Waals surface area contributed by atoms with Crippen molar-refractivity contribution in [1.29, 1.82) is 0 Å². The fourth-order valence-corrected chi connectivity index (χ4v) is 1.84. The van der Waals surface area contributed by atoms with Crippen molar-refractivity contribution in [3.63, 3.8) is 0 Å². The van der Waals surface area contributed by atoms with Crippen molar-refractivity contribution >= 4 is 0 Å². The molecule has 20 heavy (non-hydrogen) atoms. The van der Waals surface area contributed by atoms with Crippen molar-refractivity contribution in [3.8, 4) is 0 Å². The van der Waals surface area contributed by atoms with Crippen LogP contribution in [0.3, 0.4) is 0 Å². The molecule has 0 aromatic carbocycles. The minimum absolute atomic E-state index is 0.563. The topological polar surface area (TPSA) is 43.4 Å². The van der Waals surface area contributed by atoms with Gasteiger partial charge in [0.2, 0.25) is 0 Å². The van der Waals surface area contributed by atoms with Crippen LogP contribution in [0, 0.1) is 0 Å². The van der Waals surface area contributed by atoms with Crippen LogP contribution in [0.4, 0.5) is 0 Å². The second kappa shape index (κ2) is 9.06. The Labute approximate surface area is 121 Å². The third-order valence-electron chi connectivity index (χ3n) is 3.32. The van der Waals surface area contributed by atoms with E-state index in [9.17, 15) is 0 Å². The zero-order chi connectivity index (χ0) is 14.0. The highest BCUT2D eigenvalue weighted by Crippen LogP contribution is 2.19. The van der Waals surface area contributed by atoms with Crippen LogP contribution in [0.2, 0.25) is 0 Å². The third kappa shape index (κ3) is 6.46. The van der Waals surface area contributed by atoms with E-state index in [0.29, 0.717) is 19.8 Å². The van der Waals surface area contributed by atoms with Crippen LogP contribution in [0.1, 0.15) is 43.9 Å². The molecule has 1 saturated carbocycles. The lowest BCUT2D eigenvalue weighted by Gasteiger charge is -2.06. The van der Waals surface area contributed by atoms with E-state index in [-0.39, 0.29) is 0 Å². The van der Waals surface area contributed by atoms with Crippen LogP contribution in [-0.2, 0) is 22.6 Å². The summed E-state index contributed by atoms with van der Waals surface area (Å²) in [5, 5.41) is 3.48. The van der Waals surface area contributed by atoms with Gasteiger partial charge in [0.25, 0.3) is 0 Å². The number of nitrogens with one attached hydrogen (secondary N) is 1. The molecule has 1 aromatic rings. The highest BCUT2D eigenvalue weighted by molar-refractivity contribution is 5.13. The van der Waals surface area contributed by atoms with Crippen molar-refractivity contribution in [3.05, 3.63) is 29.6 Å². The summed E-state index contributed by atoms with van der Waals surface area (Å²) >= 11 is 0. The Bertz CT molecular complexity index is 363. The first-order valence-electron chi connectivity index (χ1n) is 7.71. The van der Waals surface area contributed by atoms with Crippen molar-refractivity contribution < 1.29 is 9.47 Å². The predicted octanol–water partition coefficient (Wildman–Crippen LogP) is 2.67. The standard InChI is InChI=1S/C16H26N2O2/c1-2-3-8-19-9-10-20-13-16-5-4-14(12-18-16)11-17-15-6-7-15/h4-5,12,15,17H,2-3,6-11,13H2,1H3. The van der Waals surface area contributed by atoms with E-state index >= 15 is 0 Å². The molecule has 0 spiro atoms. The summed E-state index contributed by atoms with van der Waals surface area (Å²) < 4.78 is 11.0. The van der Waals surface area contributed by atoms with Crippen LogP contribution in [-0.4, -0.2) is 30.8 Å². The summed E-state index contributed by atoms with van der Waals surface area (Å²) in [6.45, 7) is 5.79. The number of hydrogen-bond acceptors (Lipinski definition) is 4. The average Bonchev–Trinajstić information content (AvgIpc) is 3.30. The van der Waals surface area contributed by atoms with Gasteiger partial charge in [-0.1, -0.05) is 19.4 Å². The molecule has 1 heterocycles. The Hall–Kier alpha value is -0.970. The van der Waals surface area contributed by atoms with Crippen LogP contribution in [0.15, 0.2) is 18.3 Å². The highest BCUT2D eigenvalue weighted by Gasteiger charge is 2.19. The predicted molar refractivity (Wildman–Crippen MR) is 79.5 cm³/mol. The number of rotatable bonds is 11. The SMILES string of the molecule is CCCCOCCOCc1ccc(CNC2CC2)cn1. The second-order valence-electron chi connectivity index (χ2n) is 5.33. The number of aromatic nitrogens is 1. The summed E-state index contributed by atoms with van der Waals surface area (Å²) in [5.74, 6) is 0. The molecule has 0 aliphatic heterocycles. The zero-order valence-electron chi connectivity index (χ0n) is 12.4. The van der Waals surface area contributed by atoms with Crippen LogP contribution < -0.4 is 5.32 Å². The molecule has 1 N–H and O–H groups in total. The Morgan fingerprint density at radius 3 is 2.75 bits per heavy atom. The van der Waals surface area contributed by atoms with Gasteiger partial charge in [0.05, 0.1) is 25.5 Å². The summed E-state index contributed by atoms with van der Waals surface area (Å²) in [5.41, 5.74) is 2.22. The van der Waals surface area contributed by atoms with E-state index in [1.807, 2.05) is 12.3 Å². The van der Waals surface area contributed by atoms with E-state index in [4.69, 9.17) is 9.47 Å². The first kappa shape index (κ1) is 15.4. The molecule has 1 fully saturated rings. The normalized spacial score (nSPS) is 14.7. The molecule has 0 saturated heterocycles. The number of nitrogens with zero attached hydrogens (tertiary/aromatic N) is 1. The monoisotopic (exact) mass is 278 g/mol. The first-order valence-corrected chi connectivity index (χ1v) is 7.71. The Balaban J connectivity index is 1.53. The van der Waals surface area contributed by atoms with E-state index < -0.39 is 0 Å². The minimum atomic E-state index is 0.563. The van der Waals surface area contributed by atoms with Crippen LogP contribution in [0.5, 0.6) is 0 Å². The molecule has 112 valence electrons. The van der Waals surface area contributed by atoms with Gasteiger partial charge in [0, 0.05) is 25.4 Å². The van der Waals surface area contributed by atoms with Crippen LogP contribution in [0.25, 0.3) is 0 Å². The van der Waals surface area contributed by atoms with Crippen molar-refractivity contribution in [2.45, 2.75) is 51.8 Å². The highest BCUT2D eigenvalue weighted by atomic mass is 16.5. The van der Waals surface area contributed by atoms with Gasteiger partial charge in [0.1, 0.15) is 0 Å². The second-order valence-corrected chi connectivity index (χ2v) is 5.33. The van der Waals surface area contributed by atoms with Gasteiger partial charge in [-0.2, -0.15) is 0 Å². The Morgan fingerprint density at radius 2 is 2.05 bits per heavy atom. The quantitative estimate of drug-likeness (QED) is 0.632. The molecule has 4 heteroatoms. The number of ether oxygens (including phenoxy) is 2. The molecule has 0 amide bonds. The van der Waals surface area contributed by atoms with Gasteiger partial charge in [0.15, 0.2) is 0 Å². The van der Waals surface area contributed by atoms with E-state index in [0.717, 1.165) is 31.3 Å². The van der Waals surface area contributed by atoms with Gasteiger partial charge >= 0.3 is 0 Å². The van der Waals surface area contributed by atoms with Crippen molar-refractivity contribution in [2.24, 2.45) is 0 Å². The molecular weight excluding hydrogens is 252 g/mol. The zero-order valence-corrected chi connectivity index (χ0v) is 12.4. The molecule has 1 aliphatic rings. The molecule has 0 atom stereocenters. The maximum Gasteiger partial charge on any atom is 0.0889 e. The Kier molecular flexibility index (Phi) is 6.98. The lowest BCUT2D eigenvalue weighted by atomic mass is 10.2. The number of hydrogen-bond donors (Lipinski definition) is 1. The van der Waals surface area contributed by atoms with Gasteiger partial charge in [-0.25, -0.2) is 0 Å². The number of pyridine rings is 1. The molecule has 1 aliphatic carbocycles. The molecule has 1 aromatic heterocycles.